The third-order valence-electron chi connectivity index (χ3n) is 3.10. The Hall–Kier alpha value is -2.11. The molecule has 2 aromatic rings. The van der Waals surface area contributed by atoms with E-state index in [1.54, 1.807) is 0 Å². The molecule has 2 heterocycles. The van der Waals surface area contributed by atoms with Gasteiger partial charge in [-0.2, -0.15) is 5.10 Å². The fourth-order valence-electron chi connectivity index (χ4n) is 1.97. The molecule has 6 heteroatoms. The Balaban J connectivity index is 2.01. The molecule has 0 saturated carbocycles. The summed E-state index contributed by atoms with van der Waals surface area (Å²) in [5.41, 5.74) is 8.00. The van der Waals surface area contributed by atoms with Crippen LogP contribution in [0.25, 0.3) is 0 Å². The largest absolute Gasteiger partial charge is 0.383 e. The van der Waals surface area contributed by atoms with Crippen molar-refractivity contribution < 1.29 is 0 Å². The smallest absolute Gasteiger partial charge is 0.134 e. The first-order chi connectivity index (χ1) is 9.60. The Bertz CT molecular complexity index is 575. The monoisotopic (exact) mass is 274 g/mol. The third kappa shape index (κ3) is 3.46. The molecule has 0 amide bonds. The van der Waals surface area contributed by atoms with Crippen molar-refractivity contribution in [3.05, 3.63) is 29.3 Å². The van der Waals surface area contributed by atoms with Crippen LogP contribution in [0.15, 0.2) is 12.4 Å². The first-order valence-corrected chi connectivity index (χ1v) is 6.96. The van der Waals surface area contributed by atoms with Gasteiger partial charge in [-0.1, -0.05) is 6.92 Å². The van der Waals surface area contributed by atoms with E-state index in [2.05, 4.69) is 27.3 Å². The summed E-state index contributed by atoms with van der Waals surface area (Å²) >= 11 is 0. The highest BCUT2D eigenvalue weighted by Crippen LogP contribution is 2.17. The summed E-state index contributed by atoms with van der Waals surface area (Å²) in [6.07, 6.45) is 5.73. The second kappa shape index (κ2) is 6.36. The zero-order valence-corrected chi connectivity index (χ0v) is 12.3. The number of nitrogens with two attached hydrogens (primary N) is 1. The Morgan fingerprint density at radius 2 is 2.10 bits per heavy atom. The van der Waals surface area contributed by atoms with Crippen LogP contribution in [0.1, 0.15) is 30.3 Å². The summed E-state index contributed by atoms with van der Waals surface area (Å²) in [6.45, 7) is 7.62. The number of aromatic nitrogens is 4. The molecule has 0 atom stereocenters. The van der Waals surface area contributed by atoms with Crippen molar-refractivity contribution in [3.8, 4) is 0 Å². The molecule has 108 valence electrons. The lowest BCUT2D eigenvalue weighted by Crippen LogP contribution is -2.14. The molecule has 0 spiro atoms. The molecule has 0 unspecified atom stereocenters. The van der Waals surface area contributed by atoms with Gasteiger partial charge in [0, 0.05) is 24.7 Å². The summed E-state index contributed by atoms with van der Waals surface area (Å²) in [7, 11) is 0. The second-order valence-corrected chi connectivity index (χ2v) is 4.96. The topological polar surface area (TPSA) is 81.6 Å². The van der Waals surface area contributed by atoms with Gasteiger partial charge < -0.3 is 11.1 Å². The predicted molar refractivity (Wildman–Crippen MR) is 80.6 cm³/mol. The van der Waals surface area contributed by atoms with E-state index in [0.717, 1.165) is 48.7 Å². The second-order valence-electron chi connectivity index (χ2n) is 4.96. The van der Waals surface area contributed by atoms with Crippen LogP contribution in [-0.4, -0.2) is 26.3 Å². The van der Waals surface area contributed by atoms with Crippen molar-refractivity contribution >= 4 is 11.6 Å². The average Bonchev–Trinajstić information content (AvgIpc) is 2.81. The number of hydrogen-bond donors (Lipinski definition) is 2. The molecule has 0 aliphatic carbocycles. The first-order valence-electron chi connectivity index (χ1n) is 6.96. The highest BCUT2D eigenvalue weighted by Gasteiger charge is 2.08. The van der Waals surface area contributed by atoms with Gasteiger partial charge in [-0.15, -0.1) is 0 Å². The minimum atomic E-state index is 0.556. The summed E-state index contributed by atoms with van der Waals surface area (Å²) in [5, 5.41) is 7.57. The minimum absolute atomic E-state index is 0.556. The first kappa shape index (κ1) is 14.3. The molecule has 20 heavy (non-hydrogen) atoms. The molecule has 3 N–H and O–H groups in total. The predicted octanol–water partition coefficient (Wildman–Crippen LogP) is 1.94. The average molecular weight is 274 g/mol. The summed E-state index contributed by atoms with van der Waals surface area (Å²) in [5.74, 6) is 2.18. The fraction of sp³-hybridized carbons (Fsp3) is 0.500. The van der Waals surface area contributed by atoms with Crippen molar-refractivity contribution in [1.82, 2.24) is 19.7 Å². The van der Waals surface area contributed by atoms with Gasteiger partial charge >= 0.3 is 0 Å². The fourth-order valence-corrected chi connectivity index (χ4v) is 1.97. The molecule has 2 aromatic heterocycles. The molecule has 0 aromatic carbocycles. The maximum atomic E-state index is 5.93. The van der Waals surface area contributed by atoms with Crippen LogP contribution >= 0.6 is 0 Å². The molecule has 0 fully saturated rings. The molecule has 6 nitrogen and oxygen atoms in total. The van der Waals surface area contributed by atoms with Crippen molar-refractivity contribution in [2.24, 2.45) is 0 Å². The SMILES string of the molecule is CCCc1nc(N)c(C)c(NCCn2cc(C)cn2)n1. The number of anilines is 2. The van der Waals surface area contributed by atoms with E-state index in [0.29, 0.717) is 5.82 Å². The standard InChI is InChI=1S/C14H22N6/c1-4-5-12-18-13(15)11(3)14(19-12)16-6-7-20-9-10(2)8-17-20/h8-9H,4-7H2,1-3H3,(H3,15,16,18,19). The molecule has 2 rings (SSSR count). The van der Waals surface area contributed by atoms with E-state index in [1.165, 1.54) is 0 Å². The maximum absolute atomic E-state index is 5.93. The van der Waals surface area contributed by atoms with Gasteiger partial charge in [0.1, 0.15) is 17.5 Å². The van der Waals surface area contributed by atoms with Crippen LogP contribution < -0.4 is 11.1 Å². The molecule has 0 radical (unpaired) electrons. The van der Waals surface area contributed by atoms with Crippen LogP contribution in [0, 0.1) is 13.8 Å². The number of nitrogens with zero attached hydrogens (tertiary/aromatic N) is 4. The van der Waals surface area contributed by atoms with Crippen molar-refractivity contribution in [1.29, 1.82) is 0 Å². The van der Waals surface area contributed by atoms with Crippen LogP contribution in [0.3, 0.4) is 0 Å². The molecular formula is C14H22N6. The van der Waals surface area contributed by atoms with E-state index in [9.17, 15) is 0 Å². The van der Waals surface area contributed by atoms with Gasteiger partial charge in [0.05, 0.1) is 12.7 Å². The lowest BCUT2D eigenvalue weighted by Gasteiger charge is -2.11. The summed E-state index contributed by atoms with van der Waals surface area (Å²) < 4.78 is 1.91. The Morgan fingerprint density at radius 1 is 1.30 bits per heavy atom. The van der Waals surface area contributed by atoms with Gasteiger partial charge in [-0.05, 0) is 25.8 Å². The van der Waals surface area contributed by atoms with Crippen LogP contribution in [0.5, 0.6) is 0 Å². The molecule has 0 saturated heterocycles. The molecule has 0 aliphatic rings. The van der Waals surface area contributed by atoms with E-state index in [4.69, 9.17) is 5.73 Å². The van der Waals surface area contributed by atoms with Crippen LogP contribution in [0.2, 0.25) is 0 Å². The number of nitrogens with one attached hydrogen (secondary N) is 1. The highest BCUT2D eigenvalue weighted by molar-refractivity contribution is 5.54. The normalized spacial score (nSPS) is 10.8. The number of hydrogen-bond acceptors (Lipinski definition) is 5. The van der Waals surface area contributed by atoms with Gasteiger partial charge in [0.25, 0.3) is 0 Å². The van der Waals surface area contributed by atoms with Crippen molar-refractivity contribution in [2.45, 2.75) is 40.2 Å². The third-order valence-corrected chi connectivity index (χ3v) is 3.10. The number of nitrogen functional groups attached to an aromatic ring is 1. The summed E-state index contributed by atoms with van der Waals surface area (Å²) in [6, 6.07) is 0. The lowest BCUT2D eigenvalue weighted by atomic mass is 10.2. The highest BCUT2D eigenvalue weighted by atomic mass is 15.3. The van der Waals surface area contributed by atoms with E-state index < -0.39 is 0 Å². The summed E-state index contributed by atoms with van der Waals surface area (Å²) in [4.78, 5) is 8.83. The van der Waals surface area contributed by atoms with Crippen molar-refractivity contribution in [2.75, 3.05) is 17.6 Å². The zero-order valence-electron chi connectivity index (χ0n) is 12.3. The number of rotatable bonds is 6. The van der Waals surface area contributed by atoms with Gasteiger partial charge in [-0.3, -0.25) is 4.68 Å². The molecule has 0 aliphatic heterocycles. The van der Waals surface area contributed by atoms with Gasteiger partial charge in [0.2, 0.25) is 0 Å². The molecular weight excluding hydrogens is 252 g/mol. The van der Waals surface area contributed by atoms with Crippen LogP contribution in [0.4, 0.5) is 11.6 Å². The van der Waals surface area contributed by atoms with Gasteiger partial charge in [-0.25, -0.2) is 9.97 Å². The van der Waals surface area contributed by atoms with E-state index >= 15 is 0 Å². The lowest BCUT2D eigenvalue weighted by molar-refractivity contribution is 0.636. The van der Waals surface area contributed by atoms with Gasteiger partial charge in [0.15, 0.2) is 0 Å². The van der Waals surface area contributed by atoms with Crippen molar-refractivity contribution in [3.63, 3.8) is 0 Å². The zero-order chi connectivity index (χ0) is 14.5. The Kier molecular flexibility index (Phi) is 4.55. The maximum Gasteiger partial charge on any atom is 0.134 e. The minimum Gasteiger partial charge on any atom is -0.383 e. The van der Waals surface area contributed by atoms with E-state index in [-0.39, 0.29) is 0 Å². The Labute approximate surface area is 119 Å². The van der Waals surface area contributed by atoms with E-state index in [1.807, 2.05) is 30.9 Å². The number of aryl methyl sites for hydroxylation is 2. The van der Waals surface area contributed by atoms with Crippen LogP contribution in [-0.2, 0) is 13.0 Å². The Morgan fingerprint density at radius 3 is 2.75 bits per heavy atom. The quantitative estimate of drug-likeness (QED) is 0.841. The molecule has 0 bridgehead atoms.